The van der Waals surface area contributed by atoms with Crippen molar-refractivity contribution in [1.29, 1.82) is 0 Å². The Bertz CT molecular complexity index is 197. The van der Waals surface area contributed by atoms with E-state index in [0.717, 1.165) is 19.4 Å². The summed E-state index contributed by atoms with van der Waals surface area (Å²) in [7, 11) is 0. The van der Waals surface area contributed by atoms with Crippen LogP contribution in [0.1, 0.15) is 26.7 Å². The van der Waals surface area contributed by atoms with E-state index in [9.17, 15) is 4.79 Å². The van der Waals surface area contributed by atoms with Crippen molar-refractivity contribution in [3.8, 4) is 0 Å². The van der Waals surface area contributed by atoms with Gasteiger partial charge in [-0.05, 0) is 32.2 Å². The highest BCUT2D eigenvalue weighted by Gasteiger charge is 2.24. The van der Waals surface area contributed by atoms with Crippen LogP contribution in [0.3, 0.4) is 0 Å². The van der Waals surface area contributed by atoms with E-state index >= 15 is 0 Å². The Balaban J connectivity index is 2.36. The molecule has 1 aliphatic rings. The van der Waals surface area contributed by atoms with Crippen molar-refractivity contribution in [1.82, 2.24) is 10.6 Å². The third-order valence-electron chi connectivity index (χ3n) is 2.64. The van der Waals surface area contributed by atoms with Crippen LogP contribution in [-0.2, 0) is 4.79 Å². The quantitative estimate of drug-likeness (QED) is 0.595. The van der Waals surface area contributed by atoms with Crippen LogP contribution in [0.25, 0.3) is 0 Å². The summed E-state index contributed by atoms with van der Waals surface area (Å²) >= 11 is 0. The van der Waals surface area contributed by atoms with Crippen LogP contribution in [0.5, 0.6) is 0 Å². The number of carbonyl (C=O) groups is 1. The highest BCUT2D eigenvalue weighted by Crippen LogP contribution is 2.14. The molecule has 1 rings (SSSR count). The van der Waals surface area contributed by atoms with Crippen LogP contribution < -0.4 is 10.6 Å². The Hall–Kier alpha value is -0.610. The Morgan fingerprint density at radius 1 is 1.71 bits per heavy atom. The summed E-state index contributed by atoms with van der Waals surface area (Å²) < 4.78 is 0. The van der Waals surface area contributed by atoms with Gasteiger partial charge in [0.05, 0.1) is 12.6 Å². The van der Waals surface area contributed by atoms with Crippen LogP contribution in [0.2, 0.25) is 0 Å². The minimum Gasteiger partial charge on any atom is -0.394 e. The Morgan fingerprint density at radius 3 is 3.00 bits per heavy atom. The van der Waals surface area contributed by atoms with Gasteiger partial charge in [-0.1, -0.05) is 6.92 Å². The summed E-state index contributed by atoms with van der Waals surface area (Å²) in [5.41, 5.74) is 0. The molecule has 1 amide bonds. The summed E-state index contributed by atoms with van der Waals surface area (Å²) in [6, 6.07) is -0.228. The van der Waals surface area contributed by atoms with E-state index in [-0.39, 0.29) is 24.6 Å². The number of amides is 1. The molecular formula is C10H20N2O2. The Morgan fingerprint density at radius 2 is 2.43 bits per heavy atom. The van der Waals surface area contributed by atoms with E-state index in [1.807, 2.05) is 0 Å². The van der Waals surface area contributed by atoms with Crippen LogP contribution in [0.4, 0.5) is 0 Å². The zero-order chi connectivity index (χ0) is 10.6. The molecule has 0 spiro atoms. The van der Waals surface area contributed by atoms with Crippen LogP contribution in [0.15, 0.2) is 0 Å². The van der Waals surface area contributed by atoms with Gasteiger partial charge in [-0.3, -0.25) is 4.79 Å². The molecule has 1 fully saturated rings. The van der Waals surface area contributed by atoms with E-state index in [4.69, 9.17) is 5.11 Å². The first-order valence-electron chi connectivity index (χ1n) is 5.28. The molecule has 1 aliphatic heterocycles. The Kier molecular flexibility index (Phi) is 4.35. The van der Waals surface area contributed by atoms with Crippen LogP contribution in [0, 0.1) is 5.92 Å². The molecule has 0 saturated carbocycles. The van der Waals surface area contributed by atoms with E-state index in [1.165, 1.54) is 0 Å². The third kappa shape index (κ3) is 3.27. The fraction of sp³-hybridized carbons (Fsp3) is 0.900. The standard InChI is InChI=1S/C10H20N2O2/c1-7-3-4-11-9(5-7)10(14)12-8(2)6-13/h7-9,11,13H,3-6H2,1-2H3,(H,12,14)/t7?,8-,9?/m1/s1. The summed E-state index contributed by atoms with van der Waals surface area (Å²) in [5, 5.41) is 14.8. The molecule has 1 heterocycles. The molecule has 0 bridgehead atoms. The van der Waals surface area contributed by atoms with Crippen LogP contribution in [-0.4, -0.2) is 36.2 Å². The van der Waals surface area contributed by atoms with Gasteiger partial charge in [-0.2, -0.15) is 0 Å². The van der Waals surface area contributed by atoms with Gasteiger partial charge < -0.3 is 15.7 Å². The summed E-state index contributed by atoms with van der Waals surface area (Å²) in [6.07, 6.45) is 2.03. The van der Waals surface area contributed by atoms with E-state index in [1.54, 1.807) is 6.92 Å². The number of rotatable bonds is 3. The van der Waals surface area contributed by atoms with E-state index in [2.05, 4.69) is 17.6 Å². The topological polar surface area (TPSA) is 61.4 Å². The molecule has 0 aromatic rings. The zero-order valence-corrected chi connectivity index (χ0v) is 8.92. The fourth-order valence-electron chi connectivity index (χ4n) is 1.70. The minimum atomic E-state index is -0.151. The molecule has 82 valence electrons. The van der Waals surface area contributed by atoms with Crippen molar-refractivity contribution < 1.29 is 9.90 Å². The lowest BCUT2D eigenvalue weighted by molar-refractivity contribution is -0.124. The van der Waals surface area contributed by atoms with E-state index < -0.39 is 0 Å². The molecule has 3 N–H and O–H groups in total. The van der Waals surface area contributed by atoms with Crippen molar-refractivity contribution in [3.05, 3.63) is 0 Å². The van der Waals surface area contributed by atoms with Gasteiger partial charge in [0.1, 0.15) is 0 Å². The van der Waals surface area contributed by atoms with Gasteiger partial charge in [0.25, 0.3) is 0 Å². The second-order valence-electron chi connectivity index (χ2n) is 4.23. The van der Waals surface area contributed by atoms with Gasteiger partial charge in [0.15, 0.2) is 0 Å². The zero-order valence-electron chi connectivity index (χ0n) is 8.92. The molecule has 0 aliphatic carbocycles. The molecule has 0 aromatic heterocycles. The summed E-state index contributed by atoms with van der Waals surface area (Å²) in [5.74, 6) is 0.620. The largest absolute Gasteiger partial charge is 0.394 e. The van der Waals surface area contributed by atoms with Gasteiger partial charge in [-0.25, -0.2) is 0 Å². The average molecular weight is 200 g/mol. The molecule has 14 heavy (non-hydrogen) atoms. The number of hydrogen-bond acceptors (Lipinski definition) is 3. The number of aliphatic hydroxyl groups is 1. The van der Waals surface area contributed by atoms with E-state index in [0.29, 0.717) is 5.92 Å². The van der Waals surface area contributed by atoms with Crippen molar-refractivity contribution in [2.75, 3.05) is 13.2 Å². The maximum atomic E-state index is 11.6. The second-order valence-corrected chi connectivity index (χ2v) is 4.23. The number of carbonyl (C=O) groups excluding carboxylic acids is 1. The van der Waals surface area contributed by atoms with Gasteiger partial charge >= 0.3 is 0 Å². The lowest BCUT2D eigenvalue weighted by Gasteiger charge is -2.28. The molecule has 2 unspecified atom stereocenters. The predicted octanol–water partition coefficient (Wildman–Crippen LogP) is -0.128. The average Bonchev–Trinajstić information content (AvgIpc) is 2.17. The molecule has 3 atom stereocenters. The van der Waals surface area contributed by atoms with Crippen LogP contribution >= 0.6 is 0 Å². The predicted molar refractivity (Wildman–Crippen MR) is 54.9 cm³/mol. The first kappa shape index (κ1) is 11.5. The SMILES string of the molecule is CC1CCNC(C(=O)N[C@H](C)CO)C1. The number of aliphatic hydroxyl groups excluding tert-OH is 1. The van der Waals surface area contributed by atoms with Crippen molar-refractivity contribution in [3.63, 3.8) is 0 Å². The lowest BCUT2D eigenvalue weighted by atomic mass is 9.94. The summed E-state index contributed by atoms with van der Waals surface area (Å²) in [6.45, 7) is 4.86. The smallest absolute Gasteiger partial charge is 0.237 e. The number of piperidine rings is 1. The molecule has 0 radical (unpaired) electrons. The van der Waals surface area contributed by atoms with Crippen molar-refractivity contribution in [2.45, 2.75) is 38.8 Å². The first-order chi connectivity index (χ1) is 6.63. The molecule has 4 nitrogen and oxygen atoms in total. The maximum absolute atomic E-state index is 11.6. The number of hydrogen-bond donors (Lipinski definition) is 3. The van der Waals surface area contributed by atoms with Crippen molar-refractivity contribution in [2.24, 2.45) is 5.92 Å². The molecular weight excluding hydrogens is 180 g/mol. The van der Waals surface area contributed by atoms with Crippen molar-refractivity contribution >= 4 is 5.91 Å². The molecule has 1 saturated heterocycles. The maximum Gasteiger partial charge on any atom is 0.237 e. The second kappa shape index (κ2) is 5.32. The van der Waals surface area contributed by atoms with Gasteiger partial charge in [0, 0.05) is 6.04 Å². The summed E-state index contributed by atoms with van der Waals surface area (Å²) in [4.78, 5) is 11.6. The first-order valence-corrected chi connectivity index (χ1v) is 5.28. The monoisotopic (exact) mass is 200 g/mol. The third-order valence-corrected chi connectivity index (χ3v) is 2.64. The highest BCUT2D eigenvalue weighted by atomic mass is 16.3. The molecule has 4 heteroatoms. The van der Waals surface area contributed by atoms with Gasteiger partial charge in [0.2, 0.25) is 5.91 Å². The fourth-order valence-corrected chi connectivity index (χ4v) is 1.70. The molecule has 0 aromatic carbocycles. The highest BCUT2D eigenvalue weighted by molar-refractivity contribution is 5.82. The van der Waals surface area contributed by atoms with Gasteiger partial charge in [-0.15, -0.1) is 0 Å². The Labute approximate surface area is 85.1 Å². The number of nitrogens with one attached hydrogen (secondary N) is 2. The lowest BCUT2D eigenvalue weighted by Crippen LogP contribution is -2.51. The normalized spacial score (nSPS) is 29.6. The minimum absolute atomic E-state index is 0.00594.